The Bertz CT molecular complexity index is 399. The molecule has 8 heteroatoms. The van der Waals surface area contributed by atoms with Crippen molar-refractivity contribution in [1.29, 1.82) is 0 Å². The van der Waals surface area contributed by atoms with E-state index in [2.05, 4.69) is 9.47 Å². The second-order valence-electron chi connectivity index (χ2n) is 8.03. The molecule has 0 aromatic heterocycles. The van der Waals surface area contributed by atoms with Crippen molar-refractivity contribution < 1.29 is 28.2 Å². The van der Waals surface area contributed by atoms with Crippen molar-refractivity contribution in [3.8, 4) is 0 Å². The number of hydrogen-bond donors (Lipinski definition) is 0. The summed E-state index contributed by atoms with van der Waals surface area (Å²) in [6, 6.07) is 0. The van der Waals surface area contributed by atoms with Crippen LogP contribution in [0.25, 0.3) is 0 Å². The number of methoxy groups -OCH3 is 2. The van der Waals surface area contributed by atoms with Gasteiger partial charge >= 0.3 is 11.9 Å². The number of carbonyl (C=O) groups is 2. The van der Waals surface area contributed by atoms with E-state index in [1.807, 2.05) is 27.7 Å². The Kier molecular flexibility index (Phi) is 11.9. The second kappa shape index (κ2) is 12.1. The average Bonchev–Trinajstić information content (AvgIpc) is 2.55. The maximum atomic E-state index is 12.1. The van der Waals surface area contributed by atoms with Crippen molar-refractivity contribution in [1.82, 2.24) is 0 Å². The summed E-state index contributed by atoms with van der Waals surface area (Å²) >= 11 is -2.12. The van der Waals surface area contributed by atoms with Crippen LogP contribution in [0, 0.1) is 10.8 Å². The molecule has 154 valence electrons. The summed E-state index contributed by atoms with van der Waals surface area (Å²) < 4.78 is 33.6. The van der Waals surface area contributed by atoms with E-state index in [4.69, 9.17) is 0 Å². The molecule has 0 amide bonds. The van der Waals surface area contributed by atoms with Gasteiger partial charge in [0.05, 0.1) is 27.1 Å². The minimum Gasteiger partial charge on any atom is -0.616 e. The molecule has 0 fully saturated rings. The summed E-state index contributed by atoms with van der Waals surface area (Å²) in [5.41, 5.74) is -0.528. The van der Waals surface area contributed by atoms with Crippen molar-refractivity contribution in [2.75, 3.05) is 37.2 Å². The van der Waals surface area contributed by atoms with Crippen LogP contribution >= 0.6 is 0 Å². The summed E-state index contributed by atoms with van der Waals surface area (Å²) in [5.74, 6) is 1.20. The Balaban J connectivity index is 4.09. The molecule has 6 nitrogen and oxygen atoms in total. The molecule has 0 aliphatic rings. The van der Waals surface area contributed by atoms with Gasteiger partial charge in [-0.25, -0.2) is 0 Å². The van der Waals surface area contributed by atoms with Gasteiger partial charge < -0.3 is 18.6 Å². The average molecular weight is 411 g/mol. The Labute approximate surface area is 164 Å². The number of carbonyl (C=O) groups excluding carboxylic acids is 2. The van der Waals surface area contributed by atoms with Crippen LogP contribution in [-0.4, -0.2) is 58.3 Å². The Morgan fingerprint density at radius 3 is 1.31 bits per heavy atom. The predicted octanol–water partition coefficient (Wildman–Crippen LogP) is 2.44. The van der Waals surface area contributed by atoms with Crippen LogP contribution in [-0.2, 0) is 41.4 Å². The fourth-order valence-electron chi connectivity index (χ4n) is 2.27. The number of esters is 2. The lowest BCUT2D eigenvalue weighted by Gasteiger charge is -2.25. The Morgan fingerprint density at radius 2 is 1.04 bits per heavy atom. The highest BCUT2D eigenvalue weighted by molar-refractivity contribution is 7.95. The second-order valence-corrected chi connectivity index (χ2v) is 11.4. The highest BCUT2D eigenvalue weighted by atomic mass is 32.2. The molecule has 26 heavy (non-hydrogen) atoms. The highest BCUT2D eigenvalue weighted by Gasteiger charge is 2.27. The first-order chi connectivity index (χ1) is 11.9. The van der Waals surface area contributed by atoms with Gasteiger partial charge in [0.1, 0.15) is 23.0 Å². The van der Waals surface area contributed by atoms with E-state index in [-0.39, 0.29) is 22.8 Å². The molecule has 0 bridgehead atoms. The van der Waals surface area contributed by atoms with E-state index in [0.29, 0.717) is 48.7 Å². The maximum absolute atomic E-state index is 12.1. The van der Waals surface area contributed by atoms with E-state index in [0.717, 1.165) is 0 Å². The Hall–Kier alpha value is -0.440. The first-order valence-electron chi connectivity index (χ1n) is 8.74. The highest BCUT2D eigenvalue weighted by Crippen LogP contribution is 2.27. The zero-order valence-corrected chi connectivity index (χ0v) is 18.6. The zero-order valence-electron chi connectivity index (χ0n) is 16.9. The van der Waals surface area contributed by atoms with Crippen LogP contribution in [0.4, 0.5) is 0 Å². The van der Waals surface area contributed by atoms with Gasteiger partial charge in [0.25, 0.3) is 0 Å². The third-order valence-electron chi connectivity index (χ3n) is 4.25. The van der Waals surface area contributed by atoms with Crippen molar-refractivity contribution in [3.05, 3.63) is 0 Å². The lowest BCUT2D eigenvalue weighted by atomic mass is 9.86. The van der Waals surface area contributed by atoms with Gasteiger partial charge in [-0.3, -0.25) is 9.59 Å². The van der Waals surface area contributed by atoms with Crippen LogP contribution < -0.4 is 0 Å². The van der Waals surface area contributed by atoms with Crippen LogP contribution in [0.5, 0.6) is 0 Å². The van der Waals surface area contributed by atoms with E-state index >= 15 is 0 Å². The summed E-state index contributed by atoms with van der Waals surface area (Å²) in [7, 11) is 2.72. The largest absolute Gasteiger partial charge is 0.616 e. The molecule has 0 aliphatic heterocycles. The van der Waals surface area contributed by atoms with Gasteiger partial charge in [-0.2, -0.15) is 0 Å². The van der Waals surface area contributed by atoms with E-state index < -0.39 is 22.4 Å². The minimum atomic E-state index is -1.06. The molecule has 0 aliphatic carbocycles. The Morgan fingerprint density at radius 1 is 0.731 bits per heavy atom. The molecule has 2 atom stereocenters. The van der Waals surface area contributed by atoms with Gasteiger partial charge in [-0.1, -0.05) is 27.7 Å². The fourth-order valence-corrected chi connectivity index (χ4v) is 5.73. The minimum absolute atomic E-state index is 0.264. The van der Waals surface area contributed by atoms with Crippen LogP contribution in [0.1, 0.15) is 53.4 Å². The van der Waals surface area contributed by atoms with Crippen molar-refractivity contribution in [3.63, 3.8) is 0 Å². The van der Waals surface area contributed by atoms with Gasteiger partial charge in [-0.15, -0.1) is 0 Å². The smallest absolute Gasteiger partial charge is 0.306 e. The lowest BCUT2D eigenvalue weighted by Crippen LogP contribution is -2.27. The van der Waals surface area contributed by atoms with Gasteiger partial charge in [-0.05, 0) is 46.0 Å². The summed E-state index contributed by atoms with van der Waals surface area (Å²) in [6.45, 7) is 7.79. The normalized spacial score (nSPS) is 14.6. The van der Waals surface area contributed by atoms with Gasteiger partial charge in [0.15, 0.2) is 0 Å². The molecule has 0 aromatic carbocycles. The number of ether oxygens (including phenoxy) is 2. The molecule has 0 aromatic rings. The lowest BCUT2D eigenvalue weighted by molar-refractivity contribution is -0.143. The van der Waals surface area contributed by atoms with Crippen molar-refractivity contribution in [2.45, 2.75) is 53.4 Å². The molecule has 0 saturated carbocycles. The van der Waals surface area contributed by atoms with Crippen molar-refractivity contribution in [2.24, 2.45) is 10.8 Å². The fraction of sp³-hybridized carbons (Fsp3) is 0.889. The molecular weight excluding hydrogens is 376 g/mol. The molecule has 0 saturated heterocycles. The van der Waals surface area contributed by atoms with E-state index in [9.17, 15) is 18.7 Å². The summed E-state index contributed by atoms with van der Waals surface area (Å²) in [5, 5.41) is 0. The van der Waals surface area contributed by atoms with Gasteiger partial charge in [0, 0.05) is 0 Å². The van der Waals surface area contributed by atoms with Gasteiger partial charge in [0.2, 0.25) is 0 Å². The maximum Gasteiger partial charge on any atom is 0.306 e. The quantitative estimate of drug-likeness (QED) is 0.342. The number of hydrogen-bond acceptors (Lipinski definition) is 6. The molecule has 0 spiro atoms. The summed E-state index contributed by atoms with van der Waals surface area (Å²) in [6.07, 6.45) is 1.88. The SMILES string of the molecule is COC(=O)CC(C)(C)CC[S+]([O-])CC[S+]([O-])CCC(C)(C)CC(=O)OC. The first-order valence-corrected chi connectivity index (χ1v) is 11.7. The molecule has 0 rings (SSSR count). The van der Waals surface area contributed by atoms with Crippen LogP contribution in [0.15, 0.2) is 0 Å². The van der Waals surface area contributed by atoms with Crippen LogP contribution in [0.2, 0.25) is 0 Å². The topological polar surface area (TPSA) is 98.7 Å². The predicted molar refractivity (Wildman–Crippen MR) is 106 cm³/mol. The monoisotopic (exact) mass is 410 g/mol. The molecule has 0 radical (unpaired) electrons. The first kappa shape index (κ1) is 25.6. The third-order valence-corrected chi connectivity index (χ3v) is 7.15. The van der Waals surface area contributed by atoms with Crippen molar-refractivity contribution >= 4 is 34.3 Å². The zero-order chi connectivity index (χ0) is 20.4. The standard InChI is InChI=1S/C18H34O6S2/c1-17(2,13-15(19)23-5)7-9-25(21)11-12-26(22)10-8-18(3,4)14-16(20)24-6/h7-14H2,1-6H3. The molecule has 0 heterocycles. The van der Waals surface area contributed by atoms with Crippen LogP contribution in [0.3, 0.4) is 0 Å². The van der Waals surface area contributed by atoms with E-state index in [1.165, 1.54) is 14.2 Å². The number of rotatable bonds is 13. The summed E-state index contributed by atoms with van der Waals surface area (Å²) in [4.78, 5) is 22.7. The molecule has 2 unspecified atom stereocenters. The van der Waals surface area contributed by atoms with E-state index in [1.54, 1.807) is 0 Å². The third kappa shape index (κ3) is 12.8. The molecule has 0 N–H and O–H groups in total. The molecular formula is C18H34O6S2.